The molecule has 0 aliphatic carbocycles. The Labute approximate surface area is 148 Å². The molecule has 0 saturated heterocycles. The third-order valence-corrected chi connectivity index (χ3v) is 6.98. The summed E-state index contributed by atoms with van der Waals surface area (Å²) in [5.74, 6) is 6.26. The molecule has 0 bridgehead atoms. The molecule has 11 heteroatoms. The van der Waals surface area contributed by atoms with Gasteiger partial charge < -0.3 is 24.4 Å². The van der Waals surface area contributed by atoms with Crippen LogP contribution in [0.1, 0.15) is 33.0 Å². The van der Waals surface area contributed by atoms with Crippen molar-refractivity contribution in [3.63, 3.8) is 0 Å². The highest BCUT2D eigenvalue weighted by Crippen LogP contribution is 2.18. The number of amides is 1. The molecule has 0 radical (unpaired) electrons. The second-order valence-corrected chi connectivity index (χ2v) is 8.47. The number of carbonyl (C=O) groups excluding carboxylic acids is 1. The molecule has 3 N–H and O–H groups in total. The van der Waals surface area contributed by atoms with Gasteiger partial charge in [0.1, 0.15) is 5.82 Å². The molecule has 0 unspecified atom stereocenters. The number of aryl methyl sites for hydroxylation is 1. The van der Waals surface area contributed by atoms with Gasteiger partial charge in [0.15, 0.2) is 0 Å². The Kier molecular flexibility index (Phi) is 9.29. The van der Waals surface area contributed by atoms with Crippen LogP contribution in [0.25, 0.3) is 0 Å². The minimum atomic E-state index is -2.65. The van der Waals surface area contributed by atoms with Gasteiger partial charge in [-0.15, -0.1) is 10.2 Å². The number of nitrogens with one attached hydrogen (secondary N) is 1. The molecule has 0 spiro atoms. The minimum absolute atomic E-state index is 0.231. The number of aromatic nitrogens is 3. The molecule has 0 aromatic carbocycles. The first kappa shape index (κ1) is 20.9. The molecule has 0 aliphatic rings. The lowest BCUT2D eigenvalue weighted by atomic mass is 10.5. The zero-order chi connectivity index (χ0) is 18.0. The highest BCUT2D eigenvalue weighted by Gasteiger charge is 2.39. The zero-order valence-corrected chi connectivity index (χ0v) is 16.5. The summed E-state index contributed by atoms with van der Waals surface area (Å²) < 4.78 is 18.6. The minimum Gasteiger partial charge on any atom is -0.374 e. The fourth-order valence-corrected chi connectivity index (χ4v) is 5.30. The van der Waals surface area contributed by atoms with Crippen LogP contribution in [0, 0.1) is 6.92 Å². The number of hydrogen-bond donors (Lipinski definition) is 2. The van der Waals surface area contributed by atoms with Gasteiger partial charge in [0.2, 0.25) is 5.16 Å². The molecule has 0 fully saturated rings. The van der Waals surface area contributed by atoms with Crippen LogP contribution in [0.2, 0.25) is 6.04 Å². The predicted octanol–water partition coefficient (Wildman–Crippen LogP) is 1.54. The lowest BCUT2D eigenvalue weighted by molar-refractivity contribution is 0.0708. The Balaban J connectivity index is 2.41. The SMILES string of the molecule is CCO[Si](CCCNC(=O)Sc1nnc(C)n1N)(OCC)OCC. The number of nitrogens with zero attached hydrogens (tertiary/aromatic N) is 3. The zero-order valence-electron chi connectivity index (χ0n) is 14.7. The molecule has 9 nitrogen and oxygen atoms in total. The van der Waals surface area contributed by atoms with Gasteiger partial charge in [-0.05, 0) is 34.1 Å². The smallest absolute Gasteiger partial charge is 0.374 e. The Morgan fingerprint density at radius 1 is 1.21 bits per heavy atom. The van der Waals surface area contributed by atoms with E-state index in [0.29, 0.717) is 49.8 Å². The summed E-state index contributed by atoms with van der Waals surface area (Å²) in [6, 6.07) is 0.652. The Morgan fingerprint density at radius 3 is 2.25 bits per heavy atom. The first-order valence-corrected chi connectivity index (χ1v) is 10.8. The molecular weight excluding hydrogens is 350 g/mol. The van der Waals surface area contributed by atoms with Gasteiger partial charge in [-0.3, -0.25) is 4.79 Å². The Morgan fingerprint density at radius 2 is 1.79 bits per heavy atom. The Bertz CT molecular complexity index is 500. The van der Waals surface area contributed by atoms with E-state index in [0.717, 1.165) is 11.8 Å². The lowest BCUT2D eigenvalue weighted by Gasteiger charge is -2.28. The van der Waals surface area contributed by atoms with Crippen molar-refractivity contribution in [1.82, 2.24) is 20.2 Å². The Hall–Kier alpha value is -1.14. The maximum absolute atomic E-state index is 11.9. The normalized spacial score (nSPS) is 11.7. The summed E-state index contributed by atoms with van der Waals surface area (Å²) in [4.78, 5) is 11.9. The van der Waals surface area contributed by atoms with Crippen molar-refractivity contribution >= 4 is 25.8 Å². The fraction of sp³-hybridized carbons (Fsp3) is 0.769. The molecule has 0 atom stereocenters. The van der Waals surface area contributed by atoms with Gasteiger partial charge >= 0.3 is 8.80 Å². The maximum Gasteiger partial charge on any atom is 0.500 e. The fourth-order valence-electron chi connectivity index (χ4n) is 2.04. The number of nitrogens with two attached hydrogens (primary N) is 1. The maximum atomic E-state index is 11.9. The monoisotopic (exact) mass is 377 g/mol. The molecule has 1 heterocycles. The van der Waals surface area contributed by atoms with E-state index in [1.165, 1.54) is 4.68 Å². The van der Waals surface area contributed by atoms with Crippen LogP contribution in [0.3, 0.4) is 0 Å². The molecular formula is C13H27N5O4SSi. The largest absolute Gasteiger partial charge is 0.500 e. The van der Waals surface area contributed by atoms with Crippen LogP contribution in [0.4, 0.5) is 4.79 Å². The van der Waals surface area contributed by atoms with E-state index in [1.54, 1.807) is 6.92 Å². The molecule has 0 saturated carbocycles. The molecule has 24 heavy (non-hydrogen) atoms. The van der Waals surface area contributed by atoms with Gasteiger partial charge in [-0.2, -0.15) is 0 Å². The van der Waals surface area contributed by atoms with Gasteiger partial charge in [0, 0.05) is 44.2 Å². The van der Waals surface area contributed by atoms with E-state index in [1.807, 2.05) is 20.8 Å². The van der Waals surface area contributed by atoms with Crippen LogP contribution in [0.15, 0.2) is 5.16 Å². The summed E-state index contributed by atoms with van der Waals surface area (Å²) >= 11 is 0.912. The van der Waals surface area contributed by atoms with E-state index in [-0.39, 0.29) is 5.24 Å². The number of nitrogen functional groups attached to an aromatic ring is 1. The lowest BCUT2D eigenvalue weighted by Crippen LogP contribution is -2.46. The predicted molar refractivity (Wildman–Crippen MR) is 94.2 cm³/mol. The molecule has 0 aliphatic heterocycles. The first-order chi connectivity index (χ1) is 11.5. The summed E-state index contributed by atoms with van der Waals surface area (Å²) in [7, 11) is -2.65. The number of hydrogen-bond acceptors (Lipinski definition) is 8. The molecule has 1 amide bonds. The van der Waals surface area contributed by atoms with E-state index >= 15 is 0 Å². The number of carbonyl (C=O) groups is 1. The van der Waals surface area contributed by atoms with E-state index < -0.39 is 8.80 Å². The quantitative estimate of drug-likeness (QED) is 0.258. The highest BCUT2D eigenvalue weighted by molar-refractivity contribution is 8.13. The number of thioether (sulfide) groups is 1. The summed E-state index contributed by atoms with van der Waals surface area (Å²) in [5, 5.41) is 10.6. The van der Waals surface area contributed by atoms with E-state index in [2.05, 4.69) is 15.5 Å². The molecule has 1 aromatic heterocycles. The standard InChI is InChI=1S/C13H27N5O4SSi/c1-5-20-24(21-6-2,22-7-3)10-8-9-15-13(19)23-12-17-16-11(4)18(12)14/h5-10,14H2,1-4H3,(H,15,19). The molecule has 1 aromatic rings. The third kappa shape index (κ3) is 6.40. The second-order valence-electron chi connectivity index (χ2n) is 4.80. The first-order valence-electron chi connectivity index (χ1n) is 8.02. The molecule has 1 rings (SSSR count). The van der Waals surface area contributed by atoms with Gasteiger partial charge in [0.05, 0.1) is 0 Å². The summed E-state index contributed by atoms with van der Waals surface area (Å²) in [6.07, 6.45) is 0.701. The van der Waals surface area contributed by atoms with Gasteiger partial charge in [-0.25, -0.2) is 4.68 Å². The number of rotatable bonds is 11. The van der Waals surface area contributed by atoms with E-state index in [4.69, 9.17) is 19.1 Å². The average molecular weight is 378 g/mol. The highest BCUT2D eigenvalue weighted by atomic mass is 32.2. The second kappa shape index (κ2) is 10.7. The van der Waals surface area contributed by atoms with Crippen molar-refractivity contribution < 1.29 is 18.1 Å². The van der Waals surface area contributed by atoms with Crippen LogP contribution in [0.5, 0.6) is 0 Å². The third-order valence-electron chi connectivity index (χ3n) is 3.04. The summed E-state index contributed by atoms with van der Waals surface area (Å²) in [5.41, 5.74) is 0. The average Bonchev–Trinajstić information content (AvgIpc) is 2.84. The van der Waals surface area contributed by atoms with Crippen molar-refractivity contribution in [1.29, 1.82) is 0 Å². The van der Waals surface area contributed by atoms with Crippen molar-refractivity contribution in [2.24, 2.45) is 0 Å². The van der Waals surface area contributed by atoms with Gasteiger partial charge in [-0.1, -0.05) is 0 Å². The van der Waals surface area contributed by atoms with Crippen LogP contribution >= 0.6 is 11.8 Å². The molecule has 138 valence electrons. The van der Waals surface area contributed by atoms with Crippen LogP contribution in [-0.4, -0.2) is 55.3 Å². The summed E-state index contributed by atoms with van der Waals surface area (Å²) in [6.45, 7) is 9.59. The van der Waals surface area contributed by atoms with Crippen molar-refractivity contribution in [3.8, 4) is 0 Å². The van der Waals surface area contributed by atoms with Crippen LogP contribution < -0.4 is 11.2 Å². The van der Waals surface area contributed by atoms with Crippen molar-refractivity contribution in [2.45, 2.75) is 45.3 Å². The van der Waals surface area contributed by atoms with Crippen molar-refractivity contribution in [2.75, 3.05) is 32.2 Å². The van der Waals surface area contributed by atoms with Crippen LogP contribution in [-0.2, 0) is 13.3 Å². The topological polar surface area (TPSA) is 114 Å². The van der Waals surface area contributed by atoms with Gasteiger partial charge in [0.25, 0.3) is 5.24 Å². The van der Waals surface area contributed by atoms with Crippen molar-refractivity contribution in [3.05, 3.63) is 5.82 Å². The van der Waals surface area contributed by atoms with E-state index in [9.17, 15) is 4.79 Å².